The molecular weight excluding hydrogens is 328 g/mol. The van der Waals surface area contributed by atoms with E-state index in [2.05, 4.69) is 0 Å². The minimum Gasteiger partial charge on any atom is -0.480 e. The highest BCUT2D eigenvalue weighted by molar-refractivity contribution is 6.30. The summed E-state index contributed by atoms with van der Waals surface area (Å²) in [6, 6.07) is 0.271. The third-order valence-electron chi connectivity index (χ3n) is 4.85. The van der Waals surface area contributed by atoms with Gasteiger partial charge in [0.1, 0.15) is 17.7 Å². The first-order chi connectivity index (χ1) is 10.9. The first kappa shape index (κ1) is 16.2. The molecule has 3 unspecified atom stereocenters. The van der Waals surface area contributed by atoms with Gasteiger partial charge in [0.05, 0.1) is 10.6 Å². The van der Waals surface area contributed by atoms with Crippen molar-refractivity contribution in [2.45, 2.75) is 44.2 Å². The number of hydrogen-bond donors (Lipinski definition) is 1. The van der Waals surface area contributed by atoms with E-state index < -0.39 is 40.1 Å². The molecule has 124 valence electrons. The summed E-state index contributed by atoms with van der Waals surface area (Å²) in [5.41, 5.74) is -0.468. The van der Waals surface area contributed by atoms with Gasteiger partial charge in [0.15, 0.2) is 0 Å². The van der Waals surface area contributed by atoms with Gasteiger partial charge in [-0.15, -0.1) is 0 Å². The zero-order chi connectivity index (χ0) is 16.7. The van der Waals surface area contributed by atoms with Crippen LogP contribution < -0.4 is 0 Å². The van der Waals surface area contributed by atoms with Gasteiger partial charge in [-0.05, 0) is 37.3 Å². The number of nitrogens with zero attached hydrogens (tertiary/aromatic N) is 1. The van der Waals surface area contributed by atoms with Crippen molar-refractivity contribution in [3.63, 3.8) is 0 Å². The number of fused-ring (bicyclic) bond motifs is 1. The number of amides is 1. The summed E-state index contributed by atoms with van der Waals surface area (Å²) in [7, 11) is 0. The molecule has 1 saturated carbocycles. The molecule has 3 atom stereocenters. The number of benzene rings is 1. The van der Waals surface area contributed by atoms with E-state index in [1.165, 1.54) is 4.90 Å². The molecule has 1 heterocycles. The second-order valence-corrected chi connectivity index (χ2v) is 6.57. The Bertz CT molecular complexity index is 667. The van der Waals surface area contributed by atoms with Crippen LogP contribution in [0.4, 0.5) is 8.78 Å². The summed E-state index contributed by atoms with van der Waals surface area (Å²) in [6.07, 6.45) is 3.81. The smallest absolute Gasteiger partial charge is 0.326 e. The van der Waals surface area contributed by atoms with Gasteiger partial charge in [0, 0.05) is 6.04 Å². The van der Waals surface area contributed by atoms with Gasteiger partial charge in [-0.25, -0.2) is 13.6 Å². The highest BCUT2D eigenvalue weighted by Gasteiger charge is 2.48. The fourth-order valence-corrected chi connectivity index (χ4v) is 3.95. The van der Waals surface area contributed by atoms with Crippen LogP contribution in [0.25, 0.3) is 0 Å². The Hall–Kier alpha value is -1.69. The van der Waals surface area contributed by atoms with Gasteiger partial charge >= 0.3 is 5.97 Å². The molecule has 1 aliphatic heterocycles. The number of hydrogen-bond acceptors (Lipinski definition) is 2. The van der Waals surface area contributed by atoms with Gasteiger partial charge < -0.3 is 10.0 Å². The lowest BCUT2D eigenvalue weighted by Gasteiger charge is -2.33. The SMILES string of the molecule is O=C(O)C1CC2CCCCC2N1C(=O)c1cc(F)c(Cl)cc1F. The number of carbonyl (C=O) groups excluding carboxylic acids is 1. The maximum Gasteiger partial charge on any atom is 0.326 e. The summed E-state index contributed by atoms with van der Waals surface area (Å²) in [6.45, 7) is 0. The molecule has 23 heavy (non-hydrogen) atoms. The molecule has 3 rings (SSSR count). The summed E-state index contributed by atoms with van der Waals surface area (Å²) >= 11 is 5.51. The van der Waals surface area contributed by atoms with Gasteiger partial charge in [-0.3, -0.25) is 4.79 Å². The zero-order valence-electron chi connectivity index (χ0n) is 12.3. The van der Waals surface area contributed by atoms with E-state index in [1.54, 1.807) is 0 Å². The Labute approximate surface area is 137 Å². The highest BCUT2D eigenvalue weighted by Crippen LogP contribution is 2.40. The Morgan fingerprint density at radius 2 is 1.87 bits per heavy atom. The predicted octanol–water partition coefficient (Wildman–Crippen LogP) is 3.48. The lowest BCUT2D eigenvalue weighted by atomic mass is 9.84. The first-order valence-corrected chi connectivity index (χ1v) is 7.98. The molecule has 2 fully saturated rings. The monoisotopic (exact) mass is 343 g/mol. The topological polar surface area (TPSA) is 57.6 Å². The molecule has 1 amide bonds. The minimum atomic E-state index is -1.11. The fraction of sp³-hybridized carbons (Fsp3) is 0.500. The van der Waals surface area contributed by atoms with Crippen molar-refractivity contribution >= 4 is 23.5 Å². The highest BCUT2D eigenvalue weighted by atomic mass is 35.5. The zero-order valence-corrected chi connectivity index (χ0v) is 13.0. The van der Waals surface area contributed by atoms with Crippen LogP contribution in [0.5, 0.6) is 0 Å². The number of likely N-dealkylation sites (tertiary alicyclic amines) is 1. The molecule has 1 saturated heterocycles. The molecule has 7 heteroatoms. The van der Waals surface area contributed by atoms with Crippen molar-refractivity contribution in [2.24, 2.45) is 5.92 Å². The fourth-order valence-electron chi connectivity index (χ4n) is 3.80. The average Bonchev–Trinajstić information content (AvgIpc) is 2.90. The number of rotatable bonds is 2. The number of carbonyl (C=O) groups is 2. The van der Waals surface area contributed by atoms with E-state index >= 15 is 0 Å². The largest absolute Gasteiger partial charge is 0.480 e. The van der Waals surface area contributed by atoms with Gasteiger partial charge in [-0.1, -0.05) is 24.4 Å². The Balaban J connectivity index is 1.98. The van der Waals surface area contributed by atoms with Crippen molar-refractivity contribution in [2.75, 3.05) is 0 Å². The van der Waals surface area contributed by atoms with Crippen LogP contribution in [-0.2, 0) is 4.79 Å². The molecule has 4 nitrogen and oxygen atoms in total. The molecule has 0 aromatic heterocycles. The standard InChI is InChI=1S/C16H16ClF2NO3/c17-10-7-11(18)9(6-12(10)19)15(21)20-13-4-2-1-3-8(13)5-14(20)16(22)23/h6-8,13-14H,1-5H2,(H,22,23). The predicted molar refractivity (Wildman–Crippen MR) is 79.3 cm³/mol. The van der Waals surface area contributed by atoms with Crippen molar-refractivity contribution in [1.29, 1.82) is 0 Å². The van der Waals surface area contributed by atoms with E-state index in [9.17, 15) is 23.5 Å². The molecule has 1 aromatic rings. The lowest BCUT2D eigenvalue weighted by molar-refractivity contribution is -0.141. The molecular formula is C16H16ClF2NO3. The Morgan fingerprint density at radius 1 is 1.17 bits per heavy atom. The van der Waals surface area contributed by atoms with E-state index in [0.717, 1.165) is 31.4 Å². The Morgan fingerprint density at radius 3 is 2.57 bits per heavy atom. The van der Waals surface area contributed by atoms with Crippen molar-refractivity contribution in [1.82, 2.24) is 4.90 Å². The van der Waals surface area contributed by atoms with Gasteiger partial charge in [-0.2, -0.15) is 0 Å². The molecule has 1 aliphatic carbocycles. The number of halogens is 3. The van der Waals surface area contributed by atoms with Crippen molar-refractivity contribution in [3.05, 3.63) is 34.4 Å². The van der Waals surface area contributed by atoms with Gasteiger partial charge in [0.2, 0.25) is 0 Å². The van der Waals surface area contributed by atoms with E-state index in [-0.39, 0.29) is 12.0 Å². The van der Waals surface area contributed by atoms with Crippen LogP contribution in [0, 0.1) is 17.6 Å². The van der Waals surface area contributed by atoms with Crippen molar-refractivity contribution < 1.29 is 23.5 Å². The quantitative estimate of drug-likeness (QED) is 0.836. The van der Waals surface area contributed by atoms with Crippen LogP contribution in [-0.4, -0.2) is 34.0 Å². The molecule has 1 N–H and O–H groups in total. The molecule has 2 aliphatic rings. The van der Waals surface area contributed by atoms with Crippen LogP contribution in [0.3, 0.4) is 0 Å². The van der Waals surface area contributed by atoms with Crippen LogP contribution in [0.15, 0.2) is 12.1 Å². The van der Waals surface area contributed by atoms with Crippen LogP contribution in [0.1, 0.15) is 42.5 Å². The van der Waals surface area contributed by atoms with Crippen molar-refractivity contribution in [3.8, 4) is 0 Å². The molecule has 0 bridgehead atoms. The molecule has 0 radical (unpaired) electrons. The third-order valence-corrected chi connectivity index (χ3v) is 5.14. The van der Waals surface area contributed by atoms with Gasteiger partial charge in [0.25, 0.3) is 5.91 Å². The summed E-state index contributed by atoms with van der Waals surface area (Å²) < 4.78 is 27.7. The summed E-state index contributed by atoms with van der Waals surface area (Å²) in [5.74, 6) is -3.62. The van der Waals surface area contributed by atoms with E-state index in [1.807, 2.05) is 0 Å². The third kappa shape index (κ3) is 2.80. The molecule has 1 aromatic carbocycles. The maximum absolute atomic E-state index is 14.0. The number of aliphatic carboxylic acids is 1. The summed E-state index contributed by atoms with van der Waals surface area (Å²) in [5, 5.41) is 9.00. The average molecular weight is 344 g/mol. The van der Waals surface area contributed by atoms with Crippen LogP contribution >= 0.6 is 11.6 Å². The number of carboxylic acid groups (broad SMARTS) is 1. The normalized spacial score (nSPS) is 26.9. The first-order valence-electron chi connectivity index (χ1n) is 7.60. The molecule has 0 spiro atoms. The van der Waals surface area contributed by atoms with Crippen LogP contribution in [0.2, 0.25) is 5.02 Å². The lowest BCUT2D eigenvalue weighted by Crippen LogP contribution is -2.46. The second kappa shape index (κ2) is 6.07. The second-order valence-electron chi connectivity index (χ2n) is 6.16. The maximum atomic E-state index is 14.0. The summed E-state index contributed by atoms with van der Waals surface area (Å²) in [4.78, 5) is 25.5. The Kier molecular flexibility index (Phi) is 4.27. The van der Waals surface area contributed by atoms with E-state index in [0.29, 0.717) is 12.8 Å². The van der Waals surface area contributed by atoms with E-state index in [4.69, 9.17) is 11.6 Å². The number of carboxylic acids is 1. The minimum absolute atomic E-state index is 0.106.